The number of benzene rings is 1. The van der Waals surface area contributed by atoms with Crippen LogP contribution >= 0.6 is 23.1 Å². The average Bonchev–Trinajstić information content (AvgIpc) is 3.20. The minimum atomic E-state index is 0.558. The van der Waals surface area contributed by atoms with Gasteiger partial charge in [0.25, 0.3) is 0 Å². The number of fused-ring (bicyclic) bond motifs is 1. The van der Waals surface area contributed by atoms with E-state index in [-0.39, 0.29) is 0 Å². The van der Waals surface area contributed by atoms with E-state index in [9.17, 15) is 0 Å². The lowest BCUT2D eigenvalue weighted by Crippen LogP contribution is -1.97. The van der Waals surface area contributed by atoms with Gasteiger partial charge in [-0.3, -0.25) is 0 Å². The highest BCUT2D eigenvalue weighted by Gasteiger charge is 2.27. The highest BCUT2D eigenvalue weighted by molar-refractivity contribution is 7.99. The van der Waals surface area contributed by atoms with Crippen molar-refractivity contribution in [3.05, 3.63) is 53.5 Å². The summed E-state index contributed by atoms with van der Waals surface area (Å²) in [6.07, 6.45) is 4.18. The van der Waals surface area contributed by atoms with Crippen LogP contribution in [0.1, 0.15) is 36.9 Å². The first-order valence-corrected chi connectivity index (χ1v) is 11.0. The van der Waals surface area contributed by atoms with Crippen LogP contribution in [0.15, 0.2) is 51.3 Å². The van der Waals surface area contributed by atoms with E-state index in [0.29, 0.717) is 17.6 Å². The molecule has 0 bridgehead atoms. The van der Waals surface area contributed by atoms with Crippen LogP contribution in [-0.4, -0.2) is 25.9 Å². The van der Waals surface area contributed by atoms with Crippen molar-refractivity contribution in [2.45, 2.75) is 36.6 Å². The highest BCUT2D eigenvalue weighted by Crippen LogP contribution is 2.39. The van der Waals surface area contributed by atoms with Crippen molar-refractivity contribution in [3.63, 3.8) is 0 Å². The van der Waals surface area contributed by atoms with Crippen LogP contribution in [0.4, 0.5) is 0 Å². The lowest BCUT2D eigenvalue weighted by molar-refractivity contribution is 0.378. The molecule has 3 aromatic heterocycles. The molecule has 4 aromatic rings. The molecule has 27 heavy (non-hydrogen) atoms. The molecule has 5 nitrogen and oxygen atoms in total. The van der Waals surface area contributed by atoms with Crippen molar-refractivity contribution in [2.75, 3.05) is 5.75 Å². The molecule has 1 fully saturated rings. The summed E-state index contributed by atoms with van der Waals surface area (Å²) in [7, 11) is 0. The van der Waals surface area contributed by atoms with E-state index in [0.717, 1.165) is 45.2 Å². The molecule has 0 saturated heterocycles. The summed E-state index contributed by atoms with van der Waals surface area (Å²) < 4.78 is 5.38. The standard InChI is InChI=1S/C20H18N4OS2/c1-2-6-15-14(5-1)20(23-18(21-15)13-9-10-13)27-12-4-8-17-22-19(24-25-17)16-7-3-11-26-16/h1-3,5-7,11,13H,4,8-10,12H2. The fourth-order valence-corrected chi connectivity index (χ4v) is 4.57. The second kappa shape index (κ2) is 7.40. The topological polar surface area (TPSA) is 64.7 Å². The minimum Gasteiger partial charge on any atom is -0.339 e. The molecule has 5 rings (SSSR count). The molecule has 0 radical (unpaired) electrons. The van der Waals surface area contributed by atoms with E-state index in [1.807, 2.05) is 23.6 Å². The molecule has 136 valence electrons. The van der Waals surface area contributed by atoms with Crippen LogP contribution < -0.4 is 0 Å². The lowest BCUT2D eigenvalue weighted by Gasteiger charge is -2.07. The first kappa shape index (κ1) is 16.9. The third kappa shape index (κ3) is 3.75. The highest BCUT2D eigenvalue weighted by atomic mass is 32.2. The van der Waals surface area contributed by atoms with Crippen LogP contribution in [-0.2, 0) is 6.42 Å². The van der Waals surface area contributed by atoms with Crippen molar-refractivity contribution in [1.29, 1.82) is 0 Å². The van der Waals surface area contributed by atoms with E-state index in [1.54, 1.807) is 23.1 Å². The summed E-state index contributed by atoms with van der Waals surface area (Å²) in [5, 5.41) is 8.32. The molecular formula is C20H18N4OS2. The van der Waals surface area contributed by atoms with Gasteiger partial charge in [-0.15, -0.1) is 23.1 Å². The Morgan fingerprint density at radius 2 is 2.00 bits per heavy atom. The molecule has 1 aromatic carbocycles. The maximum atomic E-state index is 5.38. The summed E-state index contributed by atoms with van der Waals surface area (Å²) in [6.45, 7) is 0. The second-order valence-corrected chi connectivity index (χ2v) is 8.65. The van der Waals surface area contributed by atoms with Crippen LogP contribution in [0.2, 0.25) is 0 Å². The quantitative estimate of drug-likeness (QED) is 0.239. The summed E-state index contributed by atoms with van der Waals surface area (Å²) in [4.78, 5) is 15.1. The van der Waals surface area contributed by atoms with Crippen molar-refractivity contribution < 1.29 is 4.52 Å². The maximum Gasteiger partial charge on any atom is 0.227 e. The van der Waals surface area contributed by atoms with Crippen molar-refractivity contribution in [1.82, 2.24) is 20.1 Å². The smallest absolute Gasteiger partial charge is 0.227 e. The molecule has 7 heteroatoms. The third-order valence-corrected chi connectivity index (χ3v) is 6.45. The first-order chi connectivity index (χ1) is 13.4. The fourth-order valence-electron chi connectivity index (χ4n) is 2.95. The van der Waals surface area contributed by atoms with Crippen molar-refractivity contribution >= 4 is 34.0 Å². The monoisotopic (exact) mass is 394 g/mol. The number of aryl methyl sites for hydroxylation is 1. The first-order valence-electron chi connectivity index (χ1n) is 9.13. The van der Waals surface area contributed by atoms with Gasteiger partial charge in [0, 0.05) is 23.5 Å². The van der Waals surface area contributed by atoms with Gasteiger partial charge in [-0.2, -0.15) is 4.98 Å². The molecule has 1 aliphatic rings. The Morgan fingerprint density at radius 1 is 1.07 bits per heavy atom. The van der Waals surface area contributed by atoms with Crippen LogP contribution in [0.5, 0.6) is 0 Å². The fraction of sp³-hybridized carbons (Fsp3) is 0.300. The van der Waals surface area contributed by atoms with Crippen LogP contribution in [0, 0.1) is 0 Å². The Bertz CT molecular complexity index is 1060. The normalized spacial score (nSPS) is 14.1. The number of thioether (sulfide) groups is 1. The molecule has 0 atom stereocenters. The van der Waals surface area contributed by atoms with Crippen LogP contribution in [0.25, 0.3) is 21.6 Å². The summed E-state index contributed by atoms with van der Waals surface area (Å²) in [6, 6.07) is 12.3. The number of hydrogen-bond donors (Lipinski definition) is 0. The van der Waals surface area contributed by atoms with Gasteiger partial charge in [-0.05, 0) is 36.8 Å². The molecule has 1 aliphatic carbocycles. The molecule has 0 N–H and O–H groups in total. The molecule has 0 unspecified atom stereocenters. The zero-order valence-electron chi connectivity index (χ0n) is 14.7. The zero-order chi connectivity index (χ0) is 18.1. The second-order valence-electron chi connectivity index (χ2n) is 6.62. The summed E-state index contributed by atoms with van der Waals surface area (Å²) >= 11 is 3.42. The third-order valence-electron chi connectivity index (χ3n) is 4.51. The zero-order valence-corrected chi connectivity index (χ0v) is 16.3. The van der Waals surface area contributed by atoms with Gasteiger partial charge in [0.05, 0.1) is 10.4 Å². The predicted molar refractivity (Wildman–Crippen MR) is 108 cm³/mol. The van der Waals surface area contributed by atoms with Crippen molar-refractivity contribution in [3.8, 4) is 10.7 Å². The number of rotatable bonds is 7. The Labute approximate surface area is 165 Å². The van der Waals surface area contributed by atoms with E-state index < -0.39 is 0 Å². The SMILES string of the molecule is c1csc(-c2noc(CCCSc3nc(C4CC4)nc4ccccc34)n2)c1. The van der Waals surface area contributed by atoms with E-state index in [4.69, 9.17) is 14.5 Å². The molecule has 0 aliphatic heterocycles. The molecular weight excluding hydrogens is 376 g/mol. The van der Waals surface area contributed by atoms with Crippen LogP contribution in [0.3, 0.4) is 0 Å². The number of para-hydroxylation sites is 1. The van der Waals surface area contributed by atoms with E-state index in [1.165, 1.54) is 12.8 Å². The van der Waals surface area contributed by atoms with Gasteiger partial charge >= 0.3 is 0 Å². The molecule has 0 spiro atoms. The Balaban J connectivity index is 1.24. The minimum absolute atomic E-state index is 0.558. The number of hydrogen-bond acceptors (Lipinski definition) is 7. The van der Waals surface area contributed by atoms with E-state index >= 15 is 0 Å². The van der Waals surface area contributed by atoms with Gasteiger partial charge in [0.2, 0.25) is 11.7 Å². The maximum absolute atomic E-state index is 5.38. The Hall–Kier alpha value is -2.25. The van der Waals surface area contributed by atoms with Gasteiger partial charge in [-0.25, -0.2) is 9.97 Å². The Kier molecular flexibility index (Phi) is 4.63. The number of aromatic nitrogens is 4. The summed E-state index contributed by atoms with van der Waals surface area (Å²) in [5.74, 6) is 3.91. The molecule has 3 heterocycles. The Morgan fingerprint density at radius 3 is 2.85 bits per heavy atom. The van der Waals surface area contributed by atoms with Crippen molar-refractivity contribution in [2.24, 2.45) is 0 Å². The predicted octanol–water partition coefficient (Wildman–Crippen LogP) is 5.34. The van der Waals surface area contributed by atoms with Gasteiger partial charge in [0.15, 0.2) is 0 Å². The van der Waals surface area contributed by atoms with E-state index in [2.05, 4.69) is 28.3 Å². The van der Waals surface area contributed by atoms with Gasteiger partial charge in [-0.1, -0.05) is 29.4 Å². The molecule has 0 amide bonds. The number of nitrogens with zero attached hydrogens (tertiary/aromatic N) is 4. The van der Waals surface area contributed by atoms with Gasteiger partial charge in [0.1, 0.15) is 10.9 Å². The molecule has 1 saturated carbocycles. The number of thiophene rings is 1. The lowest BCUT2D eigenvalue weighted by atomic mass is 10.2. The average molecular weight is 395 g/mol. The largest absolute Gasteiger partial charge is 0.339 e. The van der Waals surface area contributed by atoms with Gasteiger partial charge < -0.3 is 4.52 Å². The summed E-state index contributed by atoms with van der Waals surface area (Å²) in [5.41, 5.74) is 1.05.